The summed E-state index contributed by atoms with van der Waals surface area (Å²) in [4.78, 5) is 10.3. The summed E-state index contributed by atoms with van der Waals surface area (Å²) in [5.41, 5.74) is 1.14. The predicted octanol–water partition coefficient (Wildman–Crippen LogP) is 1.94. The van der Waals surface area contributed by atoms with E-state index in [4.69, 9.17) is 4.74 Å². The maximum Gasteiger partial charge on any atom is 0.136 e. The van der Waals surface area contributed by atoms with Gasteiger partial charge in [0.05, 0.1) is 6.61 Å². The highest BCUT2D eigenvalue weighted by atomic mass is 16.5. The average molecular weight is 280 g/mol. The van der Waals surface area contributed by atoms with Crippen molar-refractivity contribution in [3.63, 3.8) is 0 Å². The number of imidazole rings is 1. The number of nitrogens with zero attached hydrogens (tertiary/aromatic N) is 2. The van der Waals surface area contributed by atoms with Crippen LogP contribution in [0.2, 0.25) is 0 Å². The highest BCUT2D eigenvalue weighted by molar-refractivity contribution is 5.04. The Kier molecular flexibility index (Phi) is 6.01. The Morgan fingerprint density at radius 3 is 3.15 bits per heavy atom. The first-order chi connectivity index (χ1) is 9.69. The quantitative estimate of drug-likeness (QED) is 0.801. The maximum atomic E-state index is 5.84. The molecule has 114 valence electrons. The molecule has 0 spiro atoms. The van der Waals surface area contributed by atoms with Crippen molar-refractivity contribution in [3.8, 4) is 0 Å². The van der Waals surface area contributed by atoms with Gasteiger partial charge in [0.1, 0.15) is 11.9 Å². The number of nitrogens with one attached hydrogen (secondary N) is 2. The molecule has 1 aliphatic heterocycles. The minimum absolute atomic E-state index is 0.0918. The third-order valence-corrected chi connectivity index (χ3v) is 3.51. The lowest BCUT2D eigenvalue weighted by Gasteiger charge is -2.31. The Morgan fingerprint density at radius 2 is 2.40 bits per heavy atom. The Hall–Kier alpha value is -0.910. The molecule has 2 rings (SSSR count). The van der Waals surface area contributed by atoms with E-state index < -0.39 is 0 Å². The third-order valence-electron chi connectivity index (χ3n) is 3.51. The fourth-order valence-corrected chi connectivity index (χ4v) is 2.51. The molecule has 1 saturated heterocycles. The summed E-state index contributed by atoms with van der Waals surface area (Å²) in [6, 6.07) is 0. The zero-order chi connectivity index (χ0) is 14.4. The van der Waals surface area contributed by atoms with Gasteiger partial charge in [0.25, 0.3) is 0 Å². The van der Waals surface area contributed by atoms with E-state index in [1.54, 1.807) is 0 Å². The molecule has 0 aliphatic carbocycles. The third kappa shape index (κ3) is 4.58. The van der Waals surface area contributed by atoms with Gasteiger partial charge in [0.2, 0.25) is 0 Å². The Bertz CT molecular complexity index is 389. The molecule has 20 heavy (non-hydrogen) atoms. The van der Waals surface area contributed by atoms with Crippen LogP contribution in [0.25, 0.3) is 0 Å². The van der Waals surface area contributed by atoms with Crippen LogP contribution < -0.4 is 5.32 Å². The standard InChI is InChI=1S/C15H28N4O/c1-4-5-19-6-7-20-14(11-19)15-17-10-13(18-15)9-16-8-12(2)3/h10,12,14,16H,4-9,11H2,1-3H3,(H,17,18). The van der Waals surface area contributed by atoms with Gasteiger partial charge in [-0.05, 0) is 25.4 Å². The summed E-state index contributed by atoms with van der Waals surface area (Å²) < 4.78 is 5.84. The highest BCUT2D eigenvalue weighted by Gasteiger charge is 2.23. The lowest BCUT2D eigenvalue weighted by Crippen LogP contribution is -2.39. The topological polar surface area (TPSA) is 53.2 Å². The first-order valence-corrected chi connectivity index (χ1v) is 7.77. The zero-order valence-corrected chi connectivity index (χ0v) is 13.0. The monoisotopic (exact) mass is 280 g/mol. The number of H-pyrrole nitrogens is 1. The maximum absolute atomic E-state index is 5.84. The average Bonchev–Trinajstić information content (AvgIpc) is 2.88. The first kappa shape index (κ1) is 15.5. The minimum atomic E-state index is 0.0918. The molecule has 1 aliphatic rings. The van der Waals surface area contributed by atoms with E-state index in [2.05, 4.69) is 41.0 Å². The smallest absolute Gasteiger partial charge is 0.136 e. The summed E-state index contributed by atoms with van der Waals surface area (Å²) in [6.45, 7) is 12.4. The molecule has 1 aromatic heterocycles. The SMILES string of the molecule is CCCN1CCOC(c2ncc(CNCC(C)C)[nH]2)C1. The lowest BCUT2D eigenvalue weighted by atomic mass is 10.2. The molecule has 1 unspecified atom stereocenters. The van der Waals surface area contributed by atoms with Crippen molar-refractivity contribution < 1.29 is 4.74 Å². The van der Waals surface area contributed by atoms with Gasteiger partial charge in [0, 0.05) is 31.5 Å². The highest BCUT2D eigenvalue weighted by Crippen LogP contribution is 2.19. The van der Waals surface area contributed by atoms with Crippen molar-refractivity contribution in [2.45, 2.75) is 39.8 Å². The summed E-state index contributed by atoms with van der Waals surface area (Å²) in [7, 11) is 0. The van der Waals surface area contributed by atoms with E-state index in [0.29, 0.717) is 5.92 Å². The fourth-order valence-electron chi connectivity index (χ4n) is 2.51. The fraction of sp³-hybridized carbons (Fsp3) is 0.800. The predicted molar refractivity (Wildman–Crippen MR) is 80.6 cm³/mol. The Labute approximate surface area is 122 Å². The molecule has 5 nitrogen and oxygen atoms in total. The second-order valence-corrected chi connectivity index (χ2v) is 5.98. The van der Waals surface area contributed by atoms with Crippen molar-refractivity contribution >= 4 is 0 Å². The number of aromatic amines is 1. The van der Waals surface area contributed by atoms with Crippen LogP contribution in [0, 0.1) is 5.92 Å². The minimum Gasteiger partial charge on any atom is -0.368 e. The van der Waals surface area contributed by atoms with Crippen LogP contribution >= 0.6 is 0 Å². The van der Waals surface area contributed by atoms with E-state index in [9.17, 15) is 0 Å². The molecule has 0 amide bonds. The van der Waals surface area contributed by atoms with Crippen LogP contribution in [-0.4, -0.2) is 47.7 Å². The van der Waals surface area contributed by atoms with E-state index in [1.807, 2.05) is 6.20 Å². The van der Waals surface area contributed by atoms with Crippen molar-refractivity contribution in [1.29, 1.82) is 0 Å². The van der Waals surface area contributed by atoms with Crippen LogP contribution in [0.1, 0.15) is 44.8 Å². The number of aromatic nitrogens is 2. The number of hydrogen-bond acceptors (Lipinski definition) is 4. The molecular weight excluding hydrogens is 252 g/mol. The molecule has 0 aromatic carbocycles. The zero-order valence-electron chi connectivity index (χ0n) is 13.0. The Morgan fingerprint density at radius 1 is 1.55 bits per heavy atom. The number of rotatable bonds is 7. The molecule has 1 atom stereocenters. The van der Waals surface area contributed by atoms with E-state index in [0.717, 1.165) is 50.8 Å². The van der Waals surface area contributed by atoms with Crippen LogP contribution in [0.15, 0.2) is 6.20 Å². The van der Waals surface area contributed by atoms with Crippen molar-refractivity contribution in [2.24, 2.45) is 5.92 Å². The van der Waals surface area contributed by atoms with Gasteiger partial charge in [-0.3, -0.25) is 4.90 Å². The molecule has 2 N–H and O–H groups in total. The number of hydrogen-bond donors (Lipinski definition) is 2. The number of ether oxygens (including phenoxy) is 1. The van der Waals surface area contributed by atoms with Crippen LogP contribution in [0.5, 0.6) is 0 Å². The van der Waals surface area contributed by atoms with Crippen LogP contribution in [0.3, 0.4) is 0 Å². The molecule has 1 aromatic rings. The first-order valence-electron chi connectivity index (χ1n) is 7.77. The number of morpholine rings is 1. The van der Waals surface area contributed by atoms with Gasteiger partial charge >= 0.3 is 0 Å². The molecule has 0 saturated carbocycles. The summed E-state index contributed by atoms with van der Waals surface area (Å²) in [5, 5.41) is 3.42. The second kappa shape index (κ2) is 7.76. The summed E-state index contributed by atoms with van der Waals surface area (Å²) >= 11 is 0. The van der Waals surface area contributed by atoms with Crippen LogP contribution in [0.4, 0.5) is 0 Å². The summed E-state index contributed by atoms with van der Waals surface area (Å²) in [6.07, 6.45) is 3.20. The van der Waals surface area contributed by atoms with Crippen LogP contribution in [-0.2, 0) is 11.3 Å². The van der Waals surface area contributed by atoms with Gasteiger partial charge in [0.15, 0.2) is 0 Å². The lowest BCUT2D eigenvalue weighted by molar-refractivity contribution is -0.0338. The molecule has 0 radical (unpaired) electrons. The van der Waals surface area contributed by atoms with Gasteiger partial charge in [-0.15, -0.1) is 0 Å². The Balaban J connectivity index is 1.84. The van der Waals surface area contributed by atoms with Gasteiger partial charge in [-0.25, -0.2) is 4.98 Å². The second-order valence-electron chi connectivity index (χ2n) is 5.98. The van der Waals surface area contributed by atoms with Crippen molar-refractivity contribution in [2.75, 3.05) is 32.8 Å². The normalized spacial score (nSPS) is 20.7. The van der Waals surface area contributed by atoms with E-state index in [-0.39, 0.29) is 6.10 Å². The molecule has 0 bridgehead atoms. The van der Waals surface area contributed by atoms with Gasteiger partial charge in [-0.1, -0.05) is 20.8 Å². The largest absolute Gasteiger partial charge is 0.368 e. The molecule has 1 fully saturated rings. The molecule has 2 heterocycles. The van der Waals surface area contributed by atoms with E-state index in [1.165, 1.54) is 6.42 Å². The van der Waals surface area contributed by atoms with Crippen molar-refractivity contribution in [1.82, 2.24) is 20.2 Å². The van der Waals surface area contributed by atoms with Crippen molar-refractivity contribution in [3.05, 3.63) is 17.7 Å². The van der Waals surface area contributed by atoms with E-state index >= 15 is 0 Å². The summed E-state index contributed by atoms with van der Waals surface area (Å²) in [5.74, 6) is 1.63. The van der Waals surface area contributed by atoms with Gasteiger partial charge in [-0.2, -0.15) is 0 Å². The van der Waals surface area contributed by atoms with Gasteiger partial charge < -0.3 is 15.0 Å². The molecular formula is C15H28N4O. The molecule has 5 heteroatoms.